The van der Waals surface area contributed by atoms with Crippen molar-refractivity contribution >= 4 is 5.96 Å². The van der Waals surface area contributed by atoms with E-state index >= 15 is 0 Å². The van der Waals surface area contributed by atoms with Crippen LogP contribution in [0.4, 0.5) is 0 Å². The number of nitrogens with two attached hydrogens (primary N) is 1. The first-order valence-electron chi connectivity index (χ1n) is 4.95. The van der Waals surface area contributed by atoms with Crippen molar-refractivity contribution in [2.75, 3.05) is 20.8 Å². The Kier molecular flexibility index (Phi) is 4.16. The zero-order valence-corrected chi connectivity index (χ0v) is 9.16. The molecule has 1 unspecified atom stereocenters. The van der Waals surface area contributed by atoms with Gasteiger partial charge in [-0.05, 0) is 19.8 Å². The number of rotatable bonds is 4. The topological polar surface area (TPSA) is 62.9 Å². The predicted molar refractivity (Wildman–Crippen MR) is 56.9 cm³/mol. The van der Waals surface area contributed by atoms with Crippen molar-refractivity contribution in [2.24, 2.45) is 10.8 Å². The minimum absolute atomic E-state index is 0.132. The van der Waals surface area contributed by atoms with E-state index in [0.29, 0.717) is 12.6 Å². The summed E-state index contributed by atoms with van der Waals surface area (Å²) in [5.74, 6) is 6.17. The number of aliphatic imine (C=N–C) groups is 1. The minimum Gasteiger partial charge on any atom is -0.382 e. The highest BCUT2D eigenvalue weighted by atomic mass is 16.5. The van der Waals surface area contributed by atoms with Crippen LogP contribution in [0.5, 0.6) is 0 Å². The van der Waals surface area contributed by atoms with Crippen LogP contribution in [0.1, 0.15) is 19.8 Å². The van der Waals surface area contributed by atoms with Gasteiger partial charge in [0.25, 0.3) is 0 Å². The van der Waals surface area contributed by atoms with E-state index in [0.717, 1.165) is 5.96 Å². The van der Waals surface area contributed by atoms with Crippen LogP contribution in [-0.2, 0) is 4.74 Å². The highest BCUT2D eigenvalue weighted by molar-refractivity contribution is 5.79. The molecule has 0 saturated heterocycles. The average Bonchev–Trinajstić information content (AvgIpc) is 2.96. The lowest BCUT2D eigenvalue weighted by atomic mass is 10.4. The first-order chi connectivity index (χ1) is 6.69. The summed E-state index contributed by atoms with van der Waals surface area (Å²) in [4.78, 5) is 6.52. The number of nitrogens with zero attached hydrogens (tertiary/aromatic N) is 2. The normalized spacial score (nSPS) is 19.3. The number of hydrazine groups is 1. The molecule has 1 aliphatic rings. The SMILES string of the molecule is COCC(C)N=C(NN)N(C)C1CC1. The van der Waals surface area contributed by atoms with Gasteiger partial charge in [0.05, 0.1) is 12.6 Å². The van der Waals surface area contributed by atoms with E-state index in [1.807, 2.05) is 14.0 Å². The summed E-state index contributed by atoms with van der Waals surface area (Å²) in [6.07, 6.45) is 2.46. The molecule has 0 aromatic carbocycles. The second kappa shape index (κ2) is 5.17. The Morgan fingerprint density at radius 3 is 2.79 bits per heavy atom. The van der Waals surface area contributed by atoms with Crippen LogP contribution >= 0.6 is 0 Å². The fourth-order valence-corrected chi connectivity index (χ4v) is 1.35. The Balaban J connectivity index is 2.49. The van der Waals surface area contributed by atoms with Crippen LogP contribution < -0.4 is 11.3 Å². The summed E-state index contributed by atoms with van der Waals surface area (Å²) in [6, 6.07) is 0.742. The van der Waals surface area contributed by atoms with Crippen molar-refractivity contribution in [3.05, 3.63) is 0 Å². The lowest BCUT2D eigenvalue weighted by Crippen LogP contribution is -2.44. The smallest absolute Gasteiger partial charge is 0.208 e. The summed E-state index contributed by atoms with van der Waals surface area (Å²) in [6.45, 7) is 2.62. The van der Waals surface area contributed by atoms with Gasteiger partial charge in [-0.15, -0.1) is 0 Å². The quantitative estimate of drug-likeness (QED) is 0.289. The molecule has 1 saturated carbocycles. The van der Waals surface area contributed by atoms with E-state index in [4.69, 9.17) is 10.6 Å². The van der Waals surface area contributed by atoms with E-state index in [1.165, 1.54) is 12.8 Å². The molecule has 0 aromatic rings. The summed E-state index contributed by atoms with van der Waals surface area (Å²) < 4.78 is 5.01. The van der Waals surface area contributed by atoms with Gasteiger partial charge in [-0.25, -0.2) is 10.8 Å². The molecule has 14 heavy (non-hydrogen) atoms. The molecule has 5 heteroatoms. The Hall–Kier alpha value is -0.810. The molecule has 0 aliphatic heterocycles. The van der Waals surface area contributed by atoms with Gasteiger partial charge in [-0.1, -0.05) is 0 Å². The molecule has 82 valence electrons. The van der Waals surface area contributed by atoms with Gasteiger partial charge in [-0.2, -0.15) is 0 Å². The minimum atomic E-state index is 0.132. The van der Waals surface area contributed by atoms with Crippen LogP contribution in [0.2, 0.25) is 0 Å². The summed E-state index contributed by atoms with van der Waals surface area (Å²) in [5.41, 5.74) is 2.63. The van der Waals surface area contributed by atoms with E-state index in [2.05, 4.69) is 15.3 Å². The molecule has 1 aliphatic carbocycles. The summed E-state index contributed by atoms with van der Waals surface area (Å²) in [5, 5.41) is 0. The van der Waals surface area contributed by atoms with Crippen molar-refractivity contribution in [3.63, 3.8) is 0 Å². The molecule has 0 bridgehead atoms. The van der Waals surface area contributed by atoms with Crippen molar-refractivity contribution in [3.8, 4) is 0 Å². The molecular weight excluding hydrogens is 180 g/mol. The Labute approximate surface area is 85.3 Å². The molecule has 5 nitrogen and oxygen atoms in total. The van der Waals surface area contributed by atoms with Gasteiger partial charge >= 0.3 is 0 Å². The predicted octanol–water partition coefficient (Wildman–Crippen LogP) is -0.0652. The molecule has 1 fully saturated rings. The Morgan fingerprint density at radius 1 is 1.71 bits per heavy atom. The number of hydrogen-bond donors (Lipinski definition) is 2. The maximum atomic E-state index is 5.42. The maximum absolute atomic E-state index is 5.42. The monoisotopic (exact) mass is 200 g/mol. The zero-order valence-electron chi connectivity index (χ0n) is 9.16. The number of ether oxygens (including phenoxy) is 1. The molecule has 1 atom stereocenters. The molecule has 0 amide bonds. The molecule has 1 rings (SSSR count). The summed E-state index contributed by atoms with van der Waals surface area (Å²) in [7, 11) is 3.68. The third-order valence-corrected chi connectivity index (χ3v) is 2.31. The first kappa shape index (κ1) is 11.3. The van der Waals surface area contributed by atoms with Crippen molar-refractivity contribution in [1.29, 1.82) is 0 Å². The molecule has 3 N–H and O–H groups in total. The second-order valence-corrected chi connectivity index (χ2v) is 3.74. The van der Waals surface area contributed by atoms with Crippen LogP contribution in [-0.4, -0.2) is 43.7 Å². The molecule has 0 spiro atoms. The van der Waals surface area contributed by atoms with Gasteiger partial charge < -0.3 is 9.64 Å². The first-order valence-corrected chi connectivity index (χ1v) is 4.95. The largest absolute Gasteiger partial charge is 0.382 e. The Morgan fingerprint density at radius 2 is 2.36 bits per heavy atom. The highest BCUT2D eigenvalue weighted by Gasteiger charge is 2.28. The fraction of sp³-hybridized carbons (Fsp3) is 0.889. The third kappa shape index (κ3) is 3.16. The fourth-order valence-electron chi connectivity index (χ4n) is 1.35. The van der Waals surface area contributed by atoms with Crippen LogP contribution in [0, 0.1) is 0 Å². The van der Waals surface area contributed by atoms with Crippen LogP contribution in [0.15, 0.2) is 4.99 Å². The van der Waals surface area contributed by atoms with Gasteiger partial charge in [-0.3, -0.25) is 5.43 Å². The lowest BCUT2D eigenvalue weighted by Gasteiger charge is -2.21. The van der Waals surface area contributed by atoms with Crippen LogP contribution in [0.25, 0.3) is 0 Å². The number of guanidine groups is 1. The van der Waals surface area contributed by atoms with E-state index in [9.17, 15) is 0 Å². The van der Waals surface area contributed by atoms with E-state index < -0.39 is 0 Å². The molecule has 0 radical (unpaired) electrons. The summed E-state index contributed by atoms with van der Waals surface area (Å²) >= 11 is 0. The maximum Gasteiger partial charge on any atom is 0.208 e. The van der Waals surface area contributed by atoms with Gasteiger partial charge in [0.1, 0.15) is 0 Å². The number of nitrogens with one attached hydrogen (secondary N) is 1. The van der Waals surface area contributed by atoms with E-state index in [-0.39, 0.29) is 6.04 Å². The third-order valence-electron chi connectivity index (χ3n) is 2.31. The van der Waals surface area contributed by atoms with E-state index in [1.54, 1.807) is 7.11 Å². The van der Waals surface area contributed by atoms with Crippen molar-refractivity contribution < 1.29 is 4.74 Å². The van der Waals surface area contributed by atoms with Crippen molar-refractivity contribution in [1.82, 2.24) is 10.3 Å². The number of methoxy groups -OCH3 is 1. The van der Waals surface area contributed by atoms with Crippen LogP contribution in [0.3, 0.4) is 0 Å². The van der Waals surface area contributed by atoms with Crippen molar-refractivity contribution in [2.45, 2.75) is 31.8 Å². The second-order valence-electron chi connectivity index (χ2n) is 3.74. The molecule has 0 aromatic heterocycles. The molecule has 0 heterocycles. The standard InChI is InChI=1S/C9H20N4O/c1-7(6-14-3)11-9(12-10)13(2)8-4-5-8/h7-8H,4-6,10H2,1-3H3,(H,11,12). The van der Waals surface area contributed by atoms with Gasteiger partial charge in [0.2, 0.25) is 5.96 Å². The average molecular weight is 200 g/mol. The Bertz CT molecular complexity index is 203. The zero-order chi connectivity index (χ0) is 10.6. The highest BCUT2D eigenvalue weighted by Crippen LogP contribution is 2.25. The van der Waals surface area contributed by atoms with Gasteiger partial charge in [0.15, 0.2) is 0 Å². The number of hydrogen-bond acceptors (Lipinski definition) is 3. The lowest BCUT2D eigenvalue weighted by molar-refractivity contribution is 0.185. The van der Waals surface area contributed by atoms with Gasteiger partial charge in [0, 0.05) is 20.2 Å². The molecular formula is C9H20N4O.